The molecule has 2 unspecified atom stereocenters. The number of carbonyl (C=O) groups excluding carboxylic acids is 1. The Morgan fingerprint density at radius 1 is 0.971 bits per heavy atom. The molecule has 34 heavy (non-hydrogen) atoms. The predicted octanol–water partition coefficient (Wildman–Crippen LogP) is 6.83. The van der Waals surface area contributed by atoms with E-state index in [1.165, 1.54) is 6.07 Å². The van der Waals surface area contributed by atoms with Gasteiger partial charge in [0.2, 0.25) is 5.91 Å². The summed E-state index contributed by atoms with van der Waals surface area (Å²) in [5.41, 5.74) is 2.01. The minimum atomic E-state index is -4.58. The van der Waals surface area contributed by atoms with Gasteiger partial charge >= 0.3 is 6.18 Å². The molecule has 1 fully saturated rings. The summed E-state index contributed by atoms with van der Waals surface area (Å²) in [4.78, 5) is 12.9. The van der Waals surface area contributed by atoms with E-state index in [-0.39, 0.29) is 30.1 Å². The van der Waals surface area contributed by atoms with Gasteiger partial charge in [0.1, 0.15) is 5.75 Å². The zero-order valence-corrected chi connectivity index (χ0v) is 19.2. The number of amides is 1. The van der Waals surface area contributed by atoms with Crippen LogP contribution in [0, 0.1) is 11.8 Å². The first-order valence-electron chi connectivity index (χ1n) is 11.5. The molecule has 1 aliphatic rings. The van der Waals surface area contributed by atoms with E-state index >= 15 is 0 Å². The van der Waals surface area contributed by atoms with Crippen molar-refractivity contribution in [3.8, 4) is 16.9 Å². The van der Waals surface area contributed by atoms with Gasteiger partial charge in [0.15, 0.2) is 0 Å². The van der Waals surface area contributed by atoms with Crippen LogP contribution in [0.1, 0.15) is 43.0 Å². The van der Waals surface area contributed by atoms with E-state index < -0.39 is 17.8 Å². The van der Waals surface area contributed by atoms with Crippen LogP contribution in [0.5, 0.6) is 5.75 Å². The van der Waals surface area contributed by atoms with Crippen molar-refractivity contribution in [3.63, 3.8) is 0 Å². The van der Waals surface area contributed by atoms with Crippen molar-refractivity contribution < 1.29 is 22.7 Å². The van der Waals surface area contributed by atoms with Crippen LogP contribution in [0.25, 0.3) is 11.1 Å². The van der Waals surface area contributed by atoms with Gasteiger partial charge in [-0.15, -0.1) is 0 Å². The number of rotatable bonds is 7. The van der Waals surface area contributed by atoms with Crippen LogP contribution < -0.4 is 10.1 Å². The van der Waals surface area contributed by atoms with Crippen molar-refractivity contribution in [2.75, 3.05) is 6.61 Å². The SMILES string of the molecule is CC(C)COc1c(C(F)(F)F)ccc(-c2ccccc2)c1C1CC(Cc2ccccc2)C(=O)N1. The average molecular weight is 468 g/mol. The van der Waals surface area contributed by atoms with E-state index in [0.29, 0.717) is 24.0 Å². The highest BCUT2D eigenvalue weighted by atomic mass is 19.4. The minimum absolute atomic E-state index is 0.0401. The Labute approximate surface area is 198 Å². The largest absolute Gasteiger partial charge is 0.492 e. The summed E-state index contributed by atoms with van der Waals surface area (Å²) < 4.78 is 48.0. The second-order valence-corrected chi connectivity index (χ2v) is 9.16. The van der Waals surface area contributed by atoms with E-state index in [4.69, 9.17) is 4.74 Å². The number of hydrogen-bond donors (Lipinski definition) is 1. The van der Waals surface area contributed by atoms with Crippen molar-refractivity contribution in [2.24, 2.45) is 11.8 Å². The van der Waals surface area contributed by atoms with Crippen LogP contribution in [0.4, 0.5) is 13.2 Å². The van der Waals surface area contributed by atoms with Gasteiger partial charge in [-0.2, -0.15) is 13.2 Å². The number of alkyl halides is 3. The molecule has 3 aromatic rings. The summed E-state index contributed by atoms with van der Waals surface area (Å²) >= 11 is 0. The van der Waals surface area contributed by atoms with Crippen LogP contribution in [-0.2, 0) is 17.4 Å². The Balaban J connectivity index is 1.80. The fourth-order valence-corrected chi connectivity index (χ4v) is 4.45. The van der Waals surface area contributed by atoms with Crippen LogP contribution in [0.15, 0.2) is 72.8 Å². The zero-order valence-electron chi connectivity index (χ0n) is 19.2. The molecule has 4 rings (SSSR count). The summed E-state index contributed by atoms with van der Waals surface area (Å²) in [5.74, 6) is -0.630. The zero-order chi connectivity index (χ0) is 24.3. The number of carbonyl (C=O) groups is 1. The van der Waals surface area contributed by atoms with Crippen molar-refractivity contribution in [1.82, 2.24) is 5.32 Å². The maximum atomic E-state index is 14.0. The third-order valence-electron chi connectivity index (χ3n) is 6.03. The second kappa shape index (κ2) is 9.92. The Morgan fingerprint density at radius 2 is 1.62 bits per heavy atom. The Morgan fingerprint density at radius 3 is 2.24 bits per heavy atom. The number of ether oxygens (including phenoxy) is 1. The highest BCUT2D eigenvalue weighted by Gasteiger charge is 2.41. The van der Waals surface area contributed by atoms with Crippen molar-refractivity contribution >= 4 is 5.91 Å². The molecule has 3 aromatic carbocycles. The molecule has 6 heteroatoms. The number of nitrogens with one attached hydrogen (secondary N) is 1. The molecule has 178 valence electrons. The first-order chi connectivity index (χ1) is 16.2. The molecular formula is C28H28F3NO2. The number of benzene rings is 3. The van der Waals surface area contributed by atoms with Gasteiger partial charge in [0, 0.05) is 11.5 Å². The number of hydrogen-bond acceptors (Lipinski definition) is 2. The molecule has 1 amide bonds. The molecule has 0 spiro atoms. The number of halogens is 3. The molecule has 1 N–H and O–H groups in total. The van der Waals surface area contributed by atoms with E-state index in [2.05, 4.69) is 5.32 Å². The predicted molar refractivity (Wildman–Crippen MR) is 126 cm³/mol. The highest BCUT2D eigenvalue weighted by Crippen LogP contribution is 2.47. The fourth-order valence-electron chi connectivity index (χ4n) is 4.45. The third-order valence-corrected chi connectivity index (χ3v) is 6.03. The van der Waals surface area contributed by atoms with Crippen molar-refractivity contribution in [1.29, 1.82) is 0 Å². The van der Waals surface area contributed by atoms with Crippen LogP contribution >= 0.6 is 0 Å². The monoisotopic (exact) mass is 467 g/mol. The van der Waals surface area contributed by atoms with E-state index in [1.54, 1.807) is 0 Å². The average Bonchev–Trinajstić information content (AvgIpc) is 3.17. The lowest BCUT2D eigenvalue weighted by atomic mass is 9.88. The maximum absolute atomic E-state index is 14.0. The molecule has 1 saturated heterocycles. The summed E-state index contributed by atoms with van der Waals surface area (Å²) in [6.45, 7) is 3.92. The first kappa shape index (κ1) is 23.9. The molecule has 0 radical (unpaired) electrons. The molecular weight excluding hydrogens is 439 g/mol. The molecule has 0 saturated carbocycles. The smallest absolute Gasteiger partial charge is 0.419 e. The van der Waals surface area contributed by atoms with Gasteiger partial charge in [-0.3, -0.25) is 4.79 Å². The van der Waals surface area contributed by atoms with Gasteiger partial charge in [-0.25, -0.2) is 0 Å². The molecule has 1 aliphatic heterocycles. The molecule has 0 aromatic heterocycles. The van der Waals surface area contributed by atoms with Crippen molar-refractivity contribution in [2.45, 2.75) is 38.9 Å². The Bertz CT molecular complexity index is 1130. The lowest BCUT2D eigenvalue weighted by Crippen LogP contribution is -2.24. The van der Waals surface area contributed by atoms with Crippen molar-refractivity contribution in [3.05, 3.63) is 89.5 Å². The first-order valence-corrected chi connectivity index (χ1v) is 11.5. The second-order valence-electron chi connectivity index (χ2n) is 9.16. The van der Waals surface area contributed by atoms with E-state index in [9.17, 15) is 18.0 Å². The molecule has 0 aliphatic carbocycles. The Kier molecular flexibility index (Phi) is 6.96. The van der Waals surface area contributed by atoms with Gasteiger partial charge in [0.25, 0.3) is 0 Å². The lowest BCUT2D eigenvalue weighted by Gasteiger charge is -2.25. The third kappa shape index (κ3) is 5.27. The van der Waals surface area contributed by atoms with Gasteiger partial charge in [-0.1, -0.05) is 80.6 Å². The molecule has 1 heterocycles. The fraction of sp³-hybridized carbons (Fsp3) is 0.321. The van der Waals surface area contributed by atoms with Crippen LogP contribution in [0.3, 0.4) is 0 Å². The molecule has 0 bridgehead atoms. The molecule has 3 nitrogen and oxygen atoms in total. The van der Waals surface area contributed by atoms with E-state index in [0.717, 1.165) is 17.2 Å². The standard InChI is InChI=1S/C28H28F3NO2/c1-18(2)17-34-26-23(28(29,30)31)14-13-22(20-11-7-4-8-12-20)25(26)24-16-21(27(33)32-24)15-19-9-5-3-6-10-19/h3-14,18,21,24H,15-17H2,1-2H3,(H,32,33). The molecule has 2 atom stereocenters. The summed E-state index contributed by atoms with van der Waals surface area (Å²) in [5, 5.41) is 2.97. The summed E-state index contributed by atoms with van der Waals surface area (Å²) in [7, 11) is 0. The summed E-state index contributed by atoms with van der Waals surface area (Å²) in [6.07, 6.45) is -3.65. The van der Waals surface area contributed by atoms with Gasteiger partial charge in [-0.05, 0) is 41.5 Å². The van der Waals surface area contributed by atoms with Crippen LogP contribution in [-0.4, -0.2) is 12.5 Å². The minimum Gasteiger partial charge on any atom is -0.492 e. The van der Waals surface area contributed by atoms with Crippen LogP contribution in [0.2, 0.25) is 0 Å². The van der Waals surface area contributed by atoms with Gasteiger partial charge in [0.05, 0.1) is 18.2 Å². The topological polar surface area (TPSA) is 38.3 Å². The van der Waals surface area contributed by atoms with E-state index in [1.807, 2.05) is 74.5 Å². The normalized spacial score (nSPS) is 18.2. The maximum Gasteiger partial charge on any atom is 0.419 e. The summed E-state index contributed by atoms with van der Waals surface area (Å²) in [6, 6.07) is 20.9. The van der Waals surface area contributed by atoms with Gasteiger partial charge < -0.3 is 10.1 Å². The lowest BCUT2D eigenvalue weighted by molar-refractivity contribution is -0.139. The highest BCUT2D eigenvalue weighted by molar-refractivity contribution is 5.83. The quantitative estimate of drug-likeness (QED) is 0.414. The Hall–Kier alpha value is -3.28.